The number of benzene rings is 1. The minimum absolute atomic E-state index is 0. The lowest BCUT2D eigenvalue weighted by atomic mass is 10.2. The highest BCUT2D eigenvalue weighted by molar-refractivity contribution is 8.13. The van der Waals surface area contributed by atoms with Crippen molar-refractivity contribution in [2.24, 2.45) is 0 Å². The van der Waals surface area contributed by atoms with Gasteiger partial charge in [0.15, 0.2) is 13.1 Å². The topological polar surface area (TPSA) is 12.2 Å². The molecule has 5 heteroatoms. The van der Waals surface area contributed by atoms with Gasteiger partial charge in [0, 0.05) is 5.02 Å². The highest BCUT2D eigenvalue weighted by Crippen LogP contribution is 2.15. The predicted octanol–water partition coefficient (Wildman–Crippen LogP) is -0.504. The lowest BCUT2D eigenvalue weighted by molar-refractivity contribution is -0.546. The molecule has 0 spiro atoms. The van der Waals surface area contributed by atoms with E-state index in [4.69, 9.17) is 16.3 Å². The molecule has 0 unspecified atom stereocenters. The third-order valence-electron chi connectivity index (χ3n) is 2.58. The molecule has 0 bridgehead atoms. The first kappa shape index (κ1) is 15.3. The van der Waals surface area contributed by atoms with E-state index in [9.17, 15) is 0 Å². The Morgan fingerprint density at radius 1 is 1.24 bits per heavy atom. The summed E-state index contributed by atoms with van der Waals surface area (Å²) in [6.45, 7) is 3.58. The Morgan fingerprint density at radius 2 is 1.82 bits per heavy atom. The number of rotatable bonds is 1. The van der Waals surface area contributed by atoms with Gasteiger partial charge in [0.1, 0.15) is 13.2 Å². The number of morpholine rings is 1. The lowest BCUT2D eigenvalue weighted by Gasteiger charge is -2.14. The first-order valence-electron chi connectivity index (χ1n) is 5.31. The van der Waals surface area contributed by atoms with Gasteiger partial charge in [0.05, 0.1) is 5.56 Å². The van der Waals surface area contributed by atoms with Gasteiger partial charge < -0.3 is 28.7 Å². The molecule has 1 aromatic rings. The van der Waals surface area contributed by atoms with E-state index in [1.165, 1.54) is 10.6 Å². The molecular weight excluding hydrogens is 369 g/mol. The summed E-state index contributed by atoms with van der Waals surface area (Å²) < 4.78 is 7.74. The van der Waals surface area contributed by atoms with Crippen LogP contribution in [0.4, 0.5) is 0 Å². The van der Waals surface area contributed by atoms with E-state index in [0.717, 1.165) is 31.3 Å². The van der Waals surface area contributed by atoms with Crippen molar-refractivity contribution in [2.75, 3.05) is 32.6 Å². The summed E-state index contributed by atoms with van der Waals surface area (Å²) in [6, 6.07) is 8.02. The van der Waals surface area contributed by atoms with E-state index < -0.39 is 0 Å². The molecule has 1 fully saturated rings. The van der Waals surface area contributed by atoms with Gasteiger partial charge in [-0.15, -0.1) is 0 Å². The van der Waals surface area contributed by atoms with Crippen LogP contribution in [0.1, 0.15) is 5.56 Å². The number of ether oxygens (including phenoxy) is 1. The van der Waals surface area contributed by atoms with Crippen molar-refractivity contribution >= 4 is 28.4 Å². The molecule has 17 heavy (non-hydrogen) atoms. The lowest BCUT2D eigenvalue weighted by Crippen LogP contribution is -3.00. The molecule has 1 aromatic carbocycles. The zero-order valence-electron chi connectivity index (χ0n) is 9.66. The third-order valence-corrected chi connectivity index (χ3v) is 3.72. The molecule has 0 aliphatic carbocycles. The fraction of sp³-hybridized carbons (Fsp3) is 0.417. The van der Waals surface area contributed by atoms with E-state index in [0.29, 0.717) is 0 Å². The first-order valence-corrected chi connectivity index (χ1v) is 6.91. The minimum Gasteiger partial charge on any atom is -1.00 e. The summed E-state index contributed by atoms with van der Waals surface area (Å²) in [4.78, 5) is 0. The summed E-state index contributed by atoms with van der Waals surface area (Å²) in [6.07, 6.45) is 2.11. The standard InChI is InChI=1S/C12H15ClNOS.HI/c1-16-12(14-6-8-15-9-7-14)10-2-4-11(13)5-3-10;/h2-5H,6-9H2,1H3;1H/q+1;/p-1. The molecule has 0 N–H and O–H groups in total. The molecule has 1 heterocycles. The van der Waals surface area contributed by atoms with Crippen molar-refractivity contribution in [3.05, 3.63) is 34.9 Å². The molecule has 0 radical (unpaired) electrons. The summed E-state index contributed by atoms with van der Waals surface area (Å²) in [5.74, 6) is 0. The Morgan fingerprint density at radius 3 is 2.35 bits per heavy atom. The highest BCUT2D eigenvalue weighted by atomic mass is 127. The molecule has 0 aromatic heterocycles. The van der Waals surface area contributed by atoms with E-state index in [2.05, 4.69) is 23.0 Å². The number of nitrogens with zero attached hydrogens (tertiary/aromatic N) is 1. The second kappa shape index (κ2) is 7.61. The van der Waals surface area contributed by atoms with E-state index in [1.807, 2.05) is 12.1 Å². The van der Waals surface area contributed by atoms with Crippen LogP contribution in [0.15, 0.2) is 24.3 Å². The van der Waals surface area contributed by atoms with Gasteiger partial charge >= 0.3 is 0 Å². The zero-order chi connectivity index (χ0) is 11.4. The van der Waals surface area contributed by atoms with Gasteiger partial charge in [-0.05, 0) is 30.5 Å². The molecule has 0 amide bonds. The molecule has 0 saturated carbocycles. The molecule has 1 aliphatic heterocycles. The van der Waals surface area contributed by atoms with Crippen molar-refractivity contribution in [1.82, 2.24) is 0 Å². The van der Waals surface area contributed by atoms with Crippen molar-refractivity contribution in [3.8, 4) is 0 Å². The predicted molar refractivity (Wildman–Crippen MR) is 69.9 cm³/mol. The second-order valence-electron chi connectivity index (χ2n) is 3.62. The summed E-state index contributed by atoms with van der Waals surface area (Å²) in [5.41, 5.74) is 1.24. The molecular formula is C12H15ClINOS. The van der Waals surface area contributed by atoms with Gasteiger partial charge in [-0.2, -0.15) is 0 Å². The SMILES string of the molecule is CSC(c1ccc(Cl)cc1)=[N+]1CCOCC1.[I-]. The molecule has 2 rings (SSSR count). The Balaban J connectivity index is 0.00000144. The molecule has 1 saturated heterocycles. The summed E-state index contributed by atoms with van der Waals surface area (Å²) >= 11 is 7.68. The molecule has 2 nitrogen and oxygen atoms in total. The Hall–Kier alpha value is 0.220. The number of hydrogen-bond acceptors (Lipinski definition) is 2. The van der Waals surface area contributed by atoms with E-state index >= 15 is 0 Å². The van der Waals surface area contributed by atoms with Crippen LogP contribution in [0.25, 0.3) is 0 Å². The van der Waals surface area contributed by atoms with Gasteiger partial charge in [0.2, 0.25) is 5.04 Å². The van der Waals surface area contributed by atoms with E-state index in [-0.39, 0.29) is 24.0 Å². The molecule has 94 valence electrons. The van der Waals surface area contributed by atoms with Crippen LogP contribution >= 0.6 is 23.4 Å². The van der Waals surface area contributed by atoms with Gasteiger partial charge in [-0.1, -0.05) is 23.4 Å². The van der Waals surface area contributed by atoms with Crippen LogP contribution in [0.2, 0.25) is 5.02 Å². The maximum atomic E-state index is 5.90. The van der Waals surface area contributed by atoms with Crippen molar-refractivity contribution in [1.29, 1.82) is 0 Å². The van der Waals surface area contributed by atoms with Crippen molar-refractivity contribution < 1.29 is 33.3 Å². The van der Waals surface area contributed by atoms with Crippen LogP contribution in [0.3, 0.4) is 0 Å². The largest absolute Gasteiger partial charge is 1.00 e. The van der Waals surface area contributed by atoms with Crippen molar-refractivity contribution in [3.63, 3.8) is 0 Å². The average Bonchev–Trinajstić information content (AvgIpc) is 2.34. The zero-order valence-corrected chi connectivity index (χ0v) is 13.4. The van der Waals surface area contributed by atoms with Crippen molar-refractivity contribution in [2.45, 2.75) is 0 Å². The molecule has 1 aliphatic rings. The van der Waals surface area contributed by atoms with Gasteiger partial charge in [-0.3, -0.25) is 0 Å². The maximum absolute atomic E-state index is 5.90. The second-order valence-corrected chi connectivity index (χ2v) is 4.85. The fourth-order valence-corrected chi connectivity index (χ4v) is 2.73. The summed E-state index contributed by atoms with van der Waals surface area (Å²) in [5, 5.41) is 2.09. The Kier molecular flexibility index (Phi) is 6.84. The summed E-state index contributed by atoms with van der Waals surface area (Å²) in [7, 11) is 0. The fourth-order valence-electron chi connectivity index (χ4n) is 1.79. The van der Waals surface area contributed by atoms with Crippen LogP contribution in [-0.4, -0.2) is 42.2 Å². The monoisotopic (exact) mass is 383 g/mol. The normalized spacial score (nSPS) is 15.3. The number of halogens is 2. The van der Waals surface area contributed by atoms with Crippen LogP contribution < -0.4 is 24.0 Å². The Labute approximate surface area is 128 Å². The van der Waals surface area contributed by atoms with Crippen LogP contribution in [0.5, 0.6) is 0 Å². The highest BCUT2D eigenvalue weighted by Gasteiger charge is 2.19. The number of hydrogen-bond donors (Lipinski definition) is 0. The molecule has 0 atom stereocenters. The van der Waals surface area contributed by atoms with Crippen LogP contribution in [0, 0.1) is 0 Å². The maximum Gasteiger partial charge on any atom is 0.241 e. The first-order chi connectivity index (χ1) is 7.81. The van der Waals surface area contributed by atoms with Crippen LogP contribution in [-0.2, 0) is 4.74 Å². The van der Waals surface area contributed by atoms with Gasteiger partial charge in [0.25, 0.3) is 0 Å². The minimum atomic E-state index is 0. The van der Waals surface area contributed by atoms with E-state index in [1.54, 1.807) is 11.8 Å². The quantitative estimate of drug-likeness (QED) is 0.368. The van der Waals surface area contributed by atoms with Gasteiger partial charge in [-0.25, -0.2) is 4.58 Å². The number of thioether (sulfide) groups is 1. The average molecular weight is 384 g/mol. The third kappa shape index (κ3) is 4.12. The smallest absolute Gasteiger partial charge is 0.241 e. The Bertz CT molecular complexity index is 386.